The maximum Gasteiger partial charge on any atom is 0.270 e. The number of piperidine rings is 1. The number of carbonyl (C=O) groups is 1. The number of nitrogens with one attached hydrogen (secondary N) is 2. The van der Waals surface area contributed by atoms with Gasteiger partial charge in [0.15, 0.2) is 0 Å². The average molecular weight is 390 g/mol. The van der Waals surface area contributed by atoms with Crippen molar-refractivity contribution in [2.24, 2.45) is 0 Å². The molecule has 1 aromatic heterocycles. The number of ether oxygens (including phenoxy) is 1. The van der Waals surface area contributed by atoms with Crippen LogP contribution in [-0.4, -0.2) is 37.1 Å². The fraction of sp³-hybridized carbons (Fsp3) is 0.375. The van der Waals surface area contributed by atoms with Gasteiger partial charge < -0.3 is 15.4 Å². The van der Waals surface area contributed by atoms with Crippen LogP contribution in [0.1, 0.15) is 23.3 Å². The Labute approximate surface area is 158 Å². The first-order valence-electron chi connectivity index (χ1n) is 7.38. The second-order valence-electron chi connectivity index (χ2n) is 5.26. The highest BCUT2D eigenvalue weighted by Crippen LogP contribution is 2.25. The smallest absolute Gasteiger partial charge is 0.270 e. The van der Waals surface area contributed by atoms with E-state index in [0.717, 1.165) is 42.3 Å². The molecule has 1 amide bonds. The summed E-state index contributed by atoms with van der Waals surface area (Å²) in [5.74, 6) is 0.729. The number of hydrogen-bond donors (Lipinski definition) is 2. The van der Waals surface area contributed by atoms with Crippen LogP contribution in [0.25, 0.3) is 10.6 Å². The molecule has 8 heteroatoms. The van der Waals surface area contributed by atoms with Crippen LogP contribution >= 0.6 is 36.2 Å². The largest absolute Gasteiger partial charge is 0.497 e. The lowest BCUT2D eigenvalue weighted by atomic mass is 10.1. The summed E-state index contributed by atoms with van der Waals surface area (Å²) in [4.78, 5) is 16.7. The predicted octanol–water partition coefficient (Wildman–Crippen LogP) is 3.14. The molecule has 1 fully saturated rings. The SMILES string of the molecule is COc1ccc(-c2nc(C(=O)NC3CCNCC3)cs2)cc1.Cl.Cl. The summed E-state index contributed by atoms with van der Waals surface area (Å²) in [5, 5.41) is 9.01. The molecule has 0 atom stereocenters. The summed E-state index contributed by atoms with van der Waals surface area (Å²) in [6, 6.07) is 7.94. The van der Waals surface area contributed by atoms with Gasteiger partial charge in [-0.25, -0.2) is 4.98 Å². The molecule has 1 aliphatic rings. The number of halogens is 2. The molecule has 0 unspecified atom stereocenters. The Morgan fingerprint density at radius 3 is 2.54 bits per heavy atom. The standard InChI is InChI=1S/C16H19N3O2S.2ClH/c1-21-13-4-2-11(3-5-13)16-19-14(10-22-16)15(20)18-12-6-8-17-9-7-12;;/h2-5,10,12,17H,6-9H2,1H3,(H,18,20);2*1H. The van der Waals surface area contributed by atoms with Crippen molar-refractivity contribution in [3.8, 4) is 16.3 Å². The van der Waals surface area contributed by atoms with E-state index in [4.69, 9.17) is 4.74 Å². The molecule has 1 saturated heterocycles. The zero-order valence-electron chi connectivity index (χ0n) is 13.3. The van der Waals surface area contributed by atoms with E-state index in [0.29, 0.717) is 5.69 Å². The van der Waals surface area contributed by atoms with Gasteiger partial charge in [0.05, 0.1) is 7.11 Å². The highest BCUT2D eigenvalue weighted by atomic mass is 35.5. The van der Waals surface area contributed by atoms with Crippen LogP contribution < -0.4 is 15.4 Å². The first kappa shape index (κ1) is 20.7. The maximum atomic E-state index is 12.3. The van der Waals surface area contributed by atoms with Crippen molar-refractivity contribution in [1.82, 2.24) is 15.6 Å². The molecule has 0 aliphatic carbocycles. The fourth-order valence-corrected chi connectivity index (χ4v) is 3.28. The number of carbonyl (C=O) groups excluding carboxylic acids is 1. The minimum atomic E-state index is -0.0806. The van der Waals surface area contributed by atoms with Crippen LogP contribution in [0, 0.1) is 0 Å². The van der Waals surface area contributed by atoms with E-state index >= 15 is 0 Å². The summed E-state index contributed by atoms with van der Waals surface area (Å²) in [6.45, 7) is 1.91. The maximum absolute atomic E-state index is 12.3. The van der Waals surface area contributed by atoms with E-state index in [1.165, 1.54) is 11.3 Å². The highest BCUT2D eigenvalue weighted by molar-refractivity contribution is 7.13. The number of methoxy groups -OCH3 is 1. The number of thiazole rings is 1. The van der Waals surface area contributed by atoms with Gasteiger partial charge in [0.1, 0.15) is 16.5 Å². The third-order valence-electron chi connectivity index (χ3n) is 3.75. The van der Waals surface area contributed by atoms with Gasteiger partial charge in [0.25, 0.3) is 5.91 Å². The number of nitrogens with zero attached hydrogens (tertiary/aromatic N) is 1. The fourth-order valence-electron chi connectivity index (χ4n) is 2.47. The average Bonchev–Trinajstić information content (AvgIpc) is 3.06. The molecule has 1 aromatic carbocycles. The van der Waals surface area contributed by atoms with E-state index < -0.39 is 0 Å². The topological polar surface area (TPSA) is 63.2 Å². The van der Waals surface area contributed by atoms with Crippen LogP contribution in [-0.2, 0) is 0 Å². The number of rotatable bonds is 4. The van der Waals surface area contributed by atoms with E-state index in [1.807, 2.05) is 29.6 Å². The van der Waals surface area contributed by atoms with Crippen molar-refractivity contribution in [2.45, 2.75) is 18.9 Å². The highest BCUT2D eigenvalue weighted by Gasteiger charge is 2.18. The minimum Gasteiger partial charge on any atom is -0.497 e. The molecular formula is C16H21Cl2N3O2S. The second kappa shape index (κ2) is 9.84. The molecule has 3 rings (SSSR count). The molecule has 0 radical (unpaired) electrons. The summed E-state index contributed by atoms with van der Waals surface area (Å²) >= 11 is 1.48. The molecule has 2 N–H and O–H groups in total. The quantitative estimate of drug-likeness (QED) is 0.842. The Kier molecular flexibility index (Phi) is 8.48. The van der Waals surface area contributed by atoms with Crippen molar-refractivity contribution in [2.75, 3.05) is 20.2 Å². The third kappa shape index (κ3) is 5.08. The first-order valence-corrected chi connectivity index (χ1v) is 8.26. The predicted molar refractivity (Wildman–Crippen MR) is 102 cm³/mol. The van der Waals surface area contributed by atoms with Gasteiger partial charge in [-0.1, -0.05) is 0 Å². The molecule has 0 spiro atoms. The lowest BCUT2D eigenvalue weighted by molar-refractivity contribution is 0.0925. The van der Waals surface area contributed by atoms with Crippen molar-refractivity contribution >= 4 is 42.1 Å². The summed E-state index contributed by atoms with van der Waals surface area (Å²) in [6.07, 6.45) is 1.95. The molecular weight excluding hydrogens is 369 g/mol. The van der Waals surface area contributed by atoms with Gasteiger partial charge >= 0.3 is 0 Å². The van der Waals surface area contributed by atoms with Gasteiger partial charge in [-0.2, -0.15) is 0 Å². The Hall–Kier alpha value is -1.34. The van der Waals surface area contributed by atoms with Gasteiger partial charge in [0.2, 0.25) is 0 Å². The molecule has 132 valence electrons. The van der Waals surface area contributed by atoms with E-state index in [-0.39, 0.29) is 36.8 Å². The minimum absolute atomic E-state index is 0. The van der Waals surface area contributed by atoms with E-state index in [9.17, 15) is 4.79 Å². The zero-order valence-corrected chi connectivity index (χ0v) is 15.7. The monoisotopic (exact) mass is 389 g/mol. The van der Waals surface area contributed by atoms with E-state index in [1.54, 1.807) is 7.11 Å². The number of aromatic nitrogens is 1. The Balaban J connectivity index is 0.00000144. The van der Waals surface area contributed by atoms with E-state index in [2.05, 4.69) is 15.6 Å². The van der Waals surface area contributed by atoms with Gasteiger partial charge in [-0.15, -0.1) is 36.2 Å². The Morgan fingerprint density at radius 1 is 1.25 bits per heavy atom. The van der Waals surface area contributed by atoms with Crippen LogP contribution in [0.2, 0.25) is 0 Å². The van der Waals surface area contributed by atoms with Gasteiger partial charge in [0, 0.05) is 17.0 Å². The number of benzene rings is 1. The van der Waals surface area contributed by atoms with Crippen molar-refractivity contribution < 1.29 is 9.53 Å². The summed E-state index contributed by atoms with van der Waals surface area (Å²) in [7, 11) is 1.64. The second-order valence-corrected chi connectivity index (χ2v) is 6.12. The van der Waals surface area contributed by atoms with Gasteiger partial charge in [-0.3, -0.25) is 4.79 Å². The molecule has 0 bridgehead atoms. The zero-order chi connectivity index (χ0) is 15.4. The molecule has 2 aromatic rings. The van der Waals surface area contributed by atoms with Crippen LogP contribution in [0.5, 0.6) is 5.75 Å². The molecule has 5 nitrogen and oxygen atoms in total. The molecule has 0 saturated carbocycles. The number of amides is 1. The van der Waals surface area contributed by atoms with Crippen molar-refractivity contribution in [3.63, 3.8) is 0 Å². The summed E-state index contributed by atoms with van der Waals surface area (Å²) < 4.78 is 5.15. The third-order valence-corrected chi connectivity index (χ3v) is 4.64. The molecule has 24 heavy (non-hydrogen) atoms. The Bertz CT molecular complexity index is 643. The lowest BCUT2D eigenvalue weighted by Crippen LogP contribution is -2.42. The van der Waals surface area contributed by atoms with Crippen molar-refractivity contribution in [1.29, 1.82) is 0 Å². The molecule has 2 heterocycles. The summed E-state index contributed by atoms with van der Waals surface area (Å²) in [5.41, 5.74) is 1.49. The molecule has 1 aliphatic heterocycles. The van der Waals surface area contributed by atoms with Crippen LogP contribution in [0.3, 0.4) is 0 Å². The lowest BCUT2D eigenvalue weighted by Gasteiger charge is -2.23. The van der Waals surface area contributed by atoms with Crippen LogP contribution in [0.15, 0.2) is 29.6 Å². The van der Waals surface area contributed by atoms with Gasteiger partial charge in [-0.05, 0) is 50.2 Å². The number of hydrogen-bond acceptors (Lipinski definition) is 5. The van der Waals surface area contributed by atoms with Crippen molar-refractivity contribution in [3.05, 3.63) is 35.3 Å². The normalized spacial score (nSPS) is 14.2. The van der Waals surface area contributed by atoms with Crippen LogP contribution in [0.4, 0.5) is 0 Å². The Morgan fingerprint density at radius 2 is 1.92 bits per heavy atom. The first-order chi connectivity index (χ1) is 10.8.